The predicted octanol–water partition coefficient (Wildman–Crippen LogP) is 13.3. The summed E-state index contributed by atoms with van der Waals surface area (Å²) in [4.78, 5) is 2.41. The van der Waals surface area contributed by atoms with E-state index in [0.29, 0.717) is 0 Å². The summed E-state index contributed by atoms with van der Waals surface area (Å²) >= 11 is 0. The highest BCUT2D eigenvalue weighted by molar-refractivity contribution is 7.20. The standard InChI is InChI=1S/C63H43NOSi/c1-4-21-47(22-5-1)64(58-42-46-20-10-11-27-51(46)52-28-12-13-29-53(52)58)48-39-36-44(37-40-48)45-38-41-57-62(43-45)66(49-23-6-2-7-24-49,50-25-8-3-9-26-50)61-35-19-16-32-56(61)63(57)54-30-14-17-33-59(54)65-60-34-18-15-31-55(60)63/h1-43H. The van der Waals surface area contributed by atoms with Crippen molar-refractivity contribution in [1.82, 2.24) is 0 Å². The average molecular weight is 858 g/mol. The van der Waals surface area contributed by atoms with Gasteiger partial charge < -0.3 is 9.64 Å². The molecular formula is C63H43NOSi. The maximum Gasteiger partial charge on any atom is 0.180 e. The van der Waals surface area contributed by atoms with Gasteiger partial charge in [-0.05, 0) is 102 Å². The summed E-state index contributed by atoms with van der Waals surface area (Å²) < 4.78 is 6.80. The van der Waals surface area contributed by atoms with Gasteiger partial charge in [0.05, 0.1) is 11.1 Å². The van der Waals surface area contributed by atoms with Crippen LogP contribution in [0.25, 0.3) is 32.7 Å². The Labute approximate surface area is 386 Å². The third kappa shape index (κ3) is 5.54. The molecule has 0 bridgehead atoms. The summed E-state index contributed by atoms with van der Waals surface area (Å²) in [6.07, 6.45) is 0. The molecule has 2 nitrogen and oxygen atoms in total. The minimum absolute atomic E-state index is 0.626. The molecule has 0 fully saturated rings. The molecule has 66 heavy (non-hydrogen) atoms. The number of ether oxygens (including phenoxy) is 1. The first-order valence-corrected chi connectivity index (χ1v) is 24.8. The number of anilines is 3. The highest BCUT2D eigenvalue weighted by atomic mass is 28.3. The van der Waals surface area contributed by atoms with Crippen LogP contribution in [-0.2, 0) is 5.41 Å². The lowest BCUT2D eigenvalue weighted by molar-refractivity contribution is 0.435. The fraction of sp³-hybridized carbons (Fsp3) is 0.0159. The molecule has 3 heteroatoms. The van der Waals surface area contributed by atoms with Crippen molar-refractivity contribution in [1.29, 1.82) is 0 Å². The molecule has 310 valence electrons. The Hall–Kier alpha value is -8.24. The van der Waals surface area contributed by atoms with E-state index >= 15 is 0 Å². The summed E-state index contributed by atoms with van der Waals surface area (Å²) in [6.45, 7) is 0. The molecular weight excluding hydrogens is 815 g/mol. The number of rotatable bonds is 6. The molecule has 0 saturated carbocycles. The minimum Gasteiger partial charge on any atom is -0.457 e. The third-order valence-corrected chi connectivity index (χ3v) is 19.1. The second-order valence-corrected chi connectivity index (χ2v) is 21.2. The molecule has 0 amide bonds. The van der Waals surface area contributed by atoms with Gasteiger partial charge in [-0.25, -0.2) is 0 Å². The van der Waals surface area contributed by atoms with Gasteiger partial charge in [0.25, 0.3) is 0 Å². The van der Waals surface area contributed by atoms with E-state index in [4.69, 9.17) is 4.74 Å². The number of nitrogens with zero attached hydrogens (tertiary/aromatic N) is 1. The molecule has 0 unspecified atom stereocenters. The zero-order valence-electron chi connectivity index (χ0n) is 36.2. The number of hydrogen-bond donors (Lipinski definition) is 0. The Balaban J connectivity index is 1.07. The average Bonchev–Trinajstić information content (AvgIpc) is 3.40. The van der Waals surface area contributed by atoms with Crippen molar-refractivity contribution >= 4 is 67.4 Å². The highest BCUT2D eigenvalue weighted by Gasteiger charge is 2.57. The lowest BCUT2D eigenvalue weighted by Gasteiger charge is -2.51. The zero-order chi connectivity index (χ0) is 43.7. The molecule has 0 N–H and O–H groups in total. The van der Waals surface area contributed by atoms with Crippen LogP contribution < -0.4 is 30.4 Å². The summed E-state index contributed by atoms with van der Waals surface area (Å²) in [5.74, 6) is 1.79. The summed E-state index contributed by atoms with van der Waals surface area (Å²) in [6, 6.07) is 96.6. The van der Waals surface area contributed by atoms with Gasteiger partial charge in [0.15, 0.2) is 8.07 Å². The van der Waals surface area contributed by atoms with Crippen molar-refractivity contribution < 1.29 is 4.74 Å². The van der Waals surface area contributed by atoms with Crippen LogP contribution in [0.3, 0.4) is 0 Å². The van der Waals surface area contributed by atoms with Gasteiger partial charge in [-0.15, -0.1) is 0 Å². The largest absolute Gasteiger partial charge is 0.457 e. The van der Waals surface area contributed by atoms with E-state index in [1.54, 1.807) is 0 Å². The second kappa shape index (κ2) is 15.2. The van der Waals surface area contributed by atoms with Gasteiger partial charge in [0.1, 0.15) is 11.5 Å². The van der Waals surface area contributed by atoms with Crippen LogP contribution in [0.1, 0.15) is 22.3 Å². The van der Waals surface area contributed by atoms with E-state index in [-0.39, 0.29) is 0 Å². The Bertz CT molecular complexity index is 3540. The number of fused-ring (bicyclic) bond motifs is 11. The smallest absolute Gasteiger partial charge is 0.180 e. The maximum atomic E-state index is 6.80. The normalized spacial score (nSPS) is 13.8. The maximum absolute atomic E-state index is 6.80. The molecule has 0 radical (unpaired) electrons. The number of para-hydroxylation sites is 3. The molecule has 2 aliphatic rings. The minimum atomic E-state index is -3.01. The monoisotopic (exact) mass is 857 g/mol. The number of hydrogen-bond acceptors (Lipinski definition) is 2. The summed E-state index contributed by atoms with van der Waals surface area (Å²) in [5.41, 5.74) is 10.1. The Morgan fingerprint density at radius 2 is 0.818 bits per heavy atom. The van der Waals surface area contributed by atoms with Crippen molar-refractivity contribution in [3.63, 3.8) is 0 Å². The molecule has 1 spiro atoms. The predicted molar refractivity (Wildman–Crippen MR) is 277 cm³/mol. The fourth-order valence-corrected chi connectivity index (χ4v) is 16.9. The van der Waals surface area contributed by atoms with Crippen molar-refractivity contribution in [2.45, 2.75) is 5.41 Å². The van der Waals surface area contributed by atoms with Crippen LogP contribution in [0.2, 0.25) is 0 Å². The highest BCUT2D eigenvalue weighted by Crippen LogP contribution is 2.56. The molecule has 0 atom stereocenters. The second-order valence-electron chi connectivity index (χ2n) is 17.5. The fourth-order valence-electron chi connectivity index (χ4n) is 11.6. The van der Waals surface area contributed by atoms with Gasteiger partial charge in [0.2, 0.25) is 0 Å². The molecule has 13 rings (SSSR count). The molecule has 11 aromatic rings. The first-order chi connectivity index (χ1) is 32.7. The first-order valence-electron chi connectivity index (χ1n) is 22.8. The van der Waals surface area contributed by atoms with E-state index < -0.39 is 13.5 Å². The molecule has 0 aliphatic carbocycles. The van der Waals surface area contributed by atoms with Gasteiger partial charge in [-0.3, -0.25) is 0 Å². The Morgan fingerprint density at radius 1 is 0.333 bits per heavy atom. The van der Waals surface area contributed by atoms with E-state index in [1.165, 1.54) is 75.7 Å². The van der Waals surface area contributed by atoms with Crippen LogP contribution >= 0.6 is 0 Å². The quantitative estimate of drug-likeness (QED) is 0.122. The van der Waals surface area contributed by atoms with Crippen LogP contribution in [-0.4, -0.2) is 8.07 Å². The van der Waals surface area contributed by atoms with E-state index in [0.717, 1.165) is 28.6 Å². The van der Waals surface area contributed by atoms with Crippen molar-refractivity contribution in [2.75, 3.05) is 4.90 Å². The topological polar surface area (TPSA) is 12.5 Å². The van der Waals surface area contributed by atoms with Crippen molar-refractivity contribution in [3.8, 4) is 22.6 Å². The molecule has 2 aliphatic heterocycles. The molecule has 0 saturated heterocycles. The summed E-state index contributed by atoms with van der Waals surface area (Å²) in [5, 5.41) is 10.5. The van der Waals surface area contributed by atoms with Crippen LogP contribution in [0.4, 0.5) is 17.1 Å². The molecule has 2 heterocycles. The van der Waals surface area contributed by atoms with E-state index in [1.807, 2.05) is 0 Å². The lowest BCUT2D eigenvalue weighted by Crippen LogP contribution is -2.79. The van der Waals surface area contributed by atoms with E-state index in [2.05, 4.69) is 266 Å². The van der Waals surface area contributed by atoms with E-state index in [9.17, 15) is 0 Å². The van der Waals surface area contributed by atoms with Gasteiger partial charge in [-0.1, -0.05) is 218 Å². The third-order valence-electron chi connectivity index (χ3n) is 14.2. The van der Waals surface area contributed by atoms with Gasteiger partial charge >= 0.3 is 0 Å². The Kier molecular flexibility index (Phi) is 8.80. The Morgan fingerprint density at radius 3 is 1.48 bits per heavy atom. The van der Waals surface area contributed by atoms with Crippen LogP contribution in [0, 0.1) is 0 Å². The lowest BCUT2D eigenvalue weighted by atomic mass is 9.63. The SMILES string of the molecule is c1ccc(N(c2ccc(-c3ccc4c(c3)[Si](c3ccccc3)(c3ccccc3)c3ccccc3C43c4ccccc4Oc4ccccc43)cc2)c2cc3ccccc3c3ccccc23)cc1. The molecule has 11 aromatic carbocycles. The van der Waals surface area contributed by atoms with Crippen LogP contribution in [0.5, 0.6) is 11.5 Å². The first kappa shape index (κ1) is 38.2. The molecule has 0 aromatic heterocycles. The van der Waals surface area contributed by atoms with Crippen molar-refractivity contribution in [2.24, 2.45) is 0 Å². The number of benzene rings is 11. The zero-order valence-corrected chi connectivity index (χ0v) is 37.2. The van der Waals surface area contributed by atoms with Gasteiger partial charge in [-0.2, -0.15) is 0 Å². The van der Waals surface area contributed by atoms with Crippen molar-refractivity contribution in [3.05, 3.63) is 283 Å². The van der Waals surface area contributed by atoms with Gasteiger partial charge in [0, 0.05) is 27.9 Å². The summed E-state index contributed by atoms with van der Waals surface area (Å²) in [7, 11) is -3.01. The van der Waals surface area contributed by atoms with Crippen LogP contribution in [0.15, 0.2) is 261 Å².